The fourth-order valence-electron chi connectivity index (χ4n) is 3.70. The average molecular weight is 413 g/mol. The summed E-state index contributed by atoms with van der Waals surface area (Å²) in [6.45, 7) is 12.7. The SMILES string of the molecule is CCC1=NNC(=O)[C@@H](C)N1c1cc(C2=CCN(C(=O)OC(C)(C)C)CC2)ccc1C. The minimum atomic E-state index is -0.497. The lowest BCUT2D eigenvalue weighted by Crippen LogP contribution is -2.52. The number of nitrogens with zero attached hydrogens (tertiary/aromatic N) is 3. The molecular weight excluding hydrogens is 380 g/mol. The van der Waals surface area contributed by atoms with Crippen LogP contribution in [0.3, 0.4) is 0 Å². The van der Waals surface area contributed by atoms with Gasteiger partial charge in [-0.2, -0.15) is 5.10 Å². The van der Waals surface area contributed by atoms with E-state index in [1.165, 1.54) is 5.57 Å². The van der Waals surface area contributed by atoms with E-state index in [0.29, 0.717) is 13.1 Å². The molecule has 2 heterocycles. The highest BCUT2D eigenvalue weighted by Gasteiger charge is 2.30. The molecule has 30 heavy (non-hydrogen) atoms. The monoisotopic (exact) mass is 412 g/mol. The lowest BCUT2D eigenvalue weighted by molar-refractivity contribution is -0.122. The number of carbonyl (C=O) groups excluding carboxylic acids is 2. The third kappa shape index (κ3) is 4.66. The van der Waals surface area contributed by atoms with Crippen molar-refractivity contribution < 1.29 is 14.3 Å². The molecule has 0 radical (unpaired) electrons. The van der Waals surface area contributed by atoms with Crippen LogP contribution in [0.4, 0.5) is 10.5 Å². The van der Waals surface area contributed by atoms with Gasteiger partial charge in [0.15, 0.2) is 0 Å². The molecule has 0 fully saturated rings. The smallest absolute Gasteiger partial charge is 0.410 e. The van der Waals surface area contributed by atoms with Crippen LogP contribution in [0.1, 0.15) is 58.6 Å². The van der Waals surface area contributed by atoms with Crippen LogP contribution in [-0.4, -0.2) is 47.5 Å². The lowest BCUT2D eigenvalue weighted by atomic mass is 9.96. The van der Waals surface area contributed by atoms with Gasteiger partial charge in [0.25, 0.3) is 5.91 Å². The Labute approximate surface area is 178 Å². The Hall–Kier alpha value is -2.83. The number of hydrogen-bond donors (Lipinski definition) is 1. The Morgan fingerprint density at radius 2 is 2.07 bits per heavy atom. The van der Waals surface area contributed by atoms with E-state index < -0.39 is 5.60 Å². The van der Waals surface area contributed by atoms with Crippen molar-refractivity contribution in [2.45, 2.75) is 66.0 Å². The van der Waals surface area contributed by atoms with Gasteiger partial charge in [-0.05, 0) is 63.8 Å². The Balaban J connectivity index is 1.84. The first-order chi connectivity index (χ1) is 14.1. The number of amides is 2. The zero-order valence-electron chi connectivity index (χ0n) is 18.8. The molecular formula is C23H32N4O3. The molecule has 2 amide bonds. The quantitative estimate of drug-likeness (QED) is 0.812. The normalized spacial score (nSPS) is 19.8. The molecule has 1 N–H and O–H groups in total. The van der Waals surface area contributed by atoms with Crippen LogP contribution in [0, 0.1) is 6.92 Å². The van der Waals surface area contributed by atoms with E-state index in [1.54, 1.807) is 4.90 Å². The van der Waals surface area contributed by atoms with Gasteiger partial charge in [-0.25, -0.2) is 10.2 Å². The molecule has 0 aliphatic carbocycles. The van der Waals surface area contributed by atoms with Gasteiger partial charge in [-0.3, -0.25) is 4.79 Å². The van der Waals surface area contributed by atoms with Gasteiger partial charge >= 0.3 is 6.09 Å². The molecule has 7 heteroatoms. The number of nitrogens with one attached hydrogen (secondary N) is 1. The number of anilines is 1. The molecule has 2 aliphatic rings. The van der Waals surface area contributed by atoms with Crippen molar-refractivity contribution in [1.82, 2.24) is 10.3 Å². The molecule has 7 nitrogen and oxygen atoms in total. The molecule has 0 saturated heterocycles. The number of carbonyl (C=O) groups is 2. The predicted molar refractivity (Wildman–Crippen MR) is 119 cm³/mol. The highest BCUT2D eigenvalue weighted by molar-refractivity contribution is 6.06. The maximum absolute atomic E-state index is 12.3. The Morgan fingerprint density at radius 1 is 1.33 bits per heavy atom. The third-order valence-corrected chi connectivity index (χ3v) is 5.36. The number of ether oxygens (including phenoxy) is 1. The number of aryl methyl sites for hydroxylation is 1. The molecule has 0 bridgehead atoms. The fraction of sp³-hybridized carbons (Fsp3) is 0.522. The number of hydrazone groups is 1. The maximum Gasteiger partial charge on any atom is 0.410 e. The second-order valence-corrected chi connectivity index (χ2v) is 8.81. The minimum Gasteiger partial charge on any atom is -0.444 e. The van der Waals surface area contributed by atoms with E-state index in [4.69, 9.17) is 4.74 Å². The number of hydrogen-bond acceptors (Lipinski definition) is 5. The summed E-state index contributed by atoms with van der Waals surface area (Å²) in [6, 6.07) is 5.99. The second-order valence-electron chi connectivity index (χ2n) is 8.81. The summed E-state index contributed by atoms with van der Waals surface area (Å²) in [7, 11) is 0. The zero-order valence-corrected chi connectivity index (χ0v) is 18.8. The molecule has 0 unspecified atom stereocenters. The molecule has 0 aromatic heterocycles. The molecule has 3 rings (SSSR count). The average Bonchev–Trinajstić information content (AvgIpc) is 2.69. The molecule has 1 aromatic carbocycles. The third-order valence-electron chi connectivity index (χ3n) is 5.36. The first kappa shape index (κ1) is 21.9. The Bertz CT molecular complexity index is 898. The van der Waals surface area contributed by atoms with Crippen LogP contribution in [-0.2, 0) is 9.53 Å². The maximum atomic E-state index is 12.3. The van der Waals surface area contributed by atoms with Crippen LogP contribution in [0.5, 0.6) is 0 Å². The van der Waals surface area contributed by atoms with Crippen molar-refractivity contribution in [1.29, 1.82) is 0 Å². The predicted octanol–water partition coefficient (Wildman–Crippen LogP) is 4.07. The van der Waals surface area contributed by atoms with Gasteiger partial charge in [0.05, 0.1) is 0 Å². The second kappa shape index (κ2) is 8.50. The zero-order chi connectivity index (χ0) is 22.1. The van der Waals surface area contributed by atoms with Crippen LogP contribution in [0.2, 0.25) is 0 Å². The van der Waals surface area contributed by atoms with Crippen molar-refractivity contribution >= 4 is 29.1 Å². The Morgan fingerprint density at radius 3 is 2.67 bits per heavy atom. The van der Waals surface area contributed by atoms with Crippen LogP contribution < -0.4 is 10.3 Å². The van der Waals surface area contributed by atoms with E-state index >= 15 is 0 Å². The van der Waals surface area contributed by atoms with Gasteiger partial charge in [0.1, 0.15) is 17.5 Å². The summed E-state index contributed by atoms with van der Waals surface area (Å²) >= 11 is 0. The summed E-state index contributed by atoms with van der Waals surface area (Å²) in [4.78, 5) is 28.3. The number of amidine groups is 1. The van der Waals surface area contributed by atoms with E-state index in [2.05, 4.69) is 34.8 Å². The summed E-state index contributed by atoms with van der Waals surface area (Å²) < 4.78 is 5.48. The molecule has 1 atom stereocenters. The topological polar surface area (TPSA) is 74.2 Å². The van der Waals surface area contributed by atoms with Crippen LogP contribution in [0.15, 0.2) is 29.4 Å². The minimum absolute atomic E-state index is 0.109. The van der Waals surface area contributed by atoms with Gasteiger partial charge in [0.2, 0.25) is 0 Å². The van der Waals surface area contributed by atoms with Gasteiger partial charge in [-0.1, -0.05) is 25.1 Å². The molecule has 2 aliphatic heterocycles. The molecule has 1 aromatic rings. The van der Waals surface area contributed by atoms with Crippen LogP contribution in [0.25, 0.3) is 5.57 Å². The van der Waals surface area contributed by atoms with Crippen molar-refractivity contribution in [2.75, 3.05) is 18.0 Å². The summed E-state index contributed by atoms with van der Waals surface area (Å²) in [5, 5.41) is 4.25. The van der Waals surface area contributed by atoms with E-state index in [9.17, 15) is 9.59 Å². The lowest BCUT2D eigenvalue weighted by Gasteiger charge is -2.35. The molecule has 162 valence electrons. The van der Waals surface area contributed by atoms with E-state index in [1.807, 2.05) is 46.4 Å². The Kier molecular flexibility index (Phi) is 6.19. The largest absolute Gasteiger partial charge is 0.444 e. The van der Waals surface area contributed by atoms with E-state index in [0.717, 1.165) is 35.5 Å². The molecule has 0 saturated carbocycles. The molecule has 0 spiro atoms. The van der Waals surface area contributed by atoms with Crippen molar-refractivity contribution in [3.63, 3.8) is 0 Å². The number of benzene rings is 1. The number of rotatable bonds is 3. The van der Waals surface area contributed by atoms with Crippen molar-refractivity contribution in [2.24, 2.45) is 5.10 Å². The summed E-state index contributed by atoms with van der Waals surface area (Å²) in [5.41, 5.74) is 6.49. The highest BCUT2D eigenvalue weighted by atomic mass is 16.6. The highest BCUT2D eigenvalue weighted by Crippen LogP contribution is 2.31. The van der Waals surface area contributed by atoms with E-state index in [-0.39, 0.29) is 18.0 Å². The van der Waals surface area contributed by atoms with Crippen LogP contribution >= 0.6 is 0 Å². The summed E-state index contributed by atoms with van der Waals surface area (Å²) in [5.74, 6) is 0.734. The van der Waals surface area contributed by atoms with Gasteiger partial charge in [-0.15, -0.1) is 0 Å². The first-order valence-corrected chi connectivity index (χ1v) is 10.5. The van der Waals surface area contributed by atoms with Crippen molar-refractivity contribution in [3.05, 3.63) is 35.4 Å². The fourth-order valence-corrected chi connectivity index (χ4v) is 3.70. The first-order valence-electron chi connectivity index (χ1n) is 10.5. The summed E-state index contributed by atoms with van der Waals surface area (Å²) in [6.07, 6.45) is 3.29. The van der Waals surface area contributed by atoms with Gasteiger partial charge in [0, 0.05) is 25.2 Å². The van der Waals surface area contributed by atoms with Crippen molar-refractivity contribution in [3.8, 4) is 0 Å². The standard InChI is InChI=1S/C23H32N4O3/c1-7-20-24-25-21(28)16(3)27(20)19-14-18(9-8-15(19)2)17-10-12-26(13-11-17)22(29)30-23(4,5)6/h8-10,14,16H,7,11-13H2,1-6H3,(H,25,28)/t16-/m1/s1. The van der Waals surface area contributed by atoms with Gasteiger partial charge < -0.3 is 14.5 Å².